The SMILES string of the molecule is C=C1C[C@@H]2CC[C@@]34C[C@H]5OC6C(O[C@H]7CC[C@H](CC(=O)C[C@@H]8[C@@H](OC)[C@@H](C[C@H](O)CNC(=O)CNC(=O)[C@H](Cc9ccccc9)NC(=O)CNC(=O)CNC(=O)CN9CCN%10CCOCCN(CC9)CCN(C(=O)CCCN9C(=O)C=CC9=O)CC%10)O[C@H]8C[C@H]8O[C@@H](CC[C@@H]1O2)C[C@@H](C)C8=C)O[C@@H]7[C@@H]6O3)[C@H]5O4. The Labute approximate surface area is 625 Å². The fourth-order valence-electron chi connectivity index (χ4n) is 17.9. The summed E-state index contributed by atoms with van der Waals surface area (Å²) in [6, 6.07) is 7.79. The zero-order valence-electron chi connectivity index (χ0n) is 61.9. The van der Waals surface area contributed by atoms with Crippen LogP contribution < -0.4 is 26.6 Å². The van der Waals surface area contributed by atoms with E-state index in [0.717, 1.165) is 48.2 Å². The van der Waals surface area contributed by atoms with Gasteiger partial charge < -0.3 is 84.0 Å². The number of nitrogens with one attached hydrogen (secondary N) is 5. The Kier molecular flexibility index (Phi) is 26.5. The highest BCUT2D eigenvalue weighted by atomic mass is 16.8. The number of carbonyl (C=O) groups excluding carboxylic acids is 9. The highest BCUT2D eigenvalue weighted by Crippen LogP contribution is 2.55. The van der Waals surface area contributed by atoms with Crippen molar-refractivity contribution in [2.24, 2.45) is 11.8 Å². The molecule has 0 aromatic heterocycles. The van der Waals surface area contributed by atoms with E-state index in [1.807, 2.05) is 15.9 Å². The van der Waals surface area contributed by atoms with Crippen molar-refractivity contribution in [1.29, 1.82) is 0 Å². The van der Waals surface area contributed by atoms with Crippen LogP contribution in [0.2, 0.25) is 0 Å². The fourth-order valence-corrected chi connectivity index (χ4v) is 17.9. The number of hydrogen-bond acceptors (Lipinski definition) is 23. The first-order chi connectivity index (χ1) is 51.7. The van der Waals surface area contributed by atoms with Gasteiger partial charge >= 0.3 is 0 Å². The summed E-state index contributed by atoms with van der Waals surface area (Å²) >= 11 is 0. The molecule has 30 heteroatoms. The van der Waals surface area contributed by atoms with Gasteiger partial charge in [-0.05, 0) is 74.0 Å². The van der Waals surface area contributed by atoms with Crippen molar-refractivity contribution in [1.82, 2.24) is 51.1 Å². The van der Waals surface area contributed by atoms with Crippen LogP contribution in [0.1, 0.15) is 109 Å². The van der Waals surface area contributed by atoms with E-state index in [1.165, 1.54) is 12.2 Å². The van der Waals surface area contributed by atoms with Crippen LogP contribution in [-0.4, -0.2) is 317 Å². The average Bonchev–Trinajstić information content (AvgIpc) is 1.55. The quantitative estimate of drug-likeness (QED) is 0.0705. The van der Waals surface area contributed by atoms with Gasteiger partial charge in [0.25, 0.3) is 11.8 Å². The minimum atomic E-state index is -1.17. The molecule has 14 aliphatic heterocycles. The normalized spacial score (nSPS) is 36.0. The molecule has 13 fully saturated rings. The monoisotopic (exact) mass is 1490 g/mol. The van der Waals surface area contributed by atoms with Gasteiger partial charge in [-0.2, -0.15) is 0 Å². The predicted molar refractivity (Wildman–Crippen MR) is 383 cm³/mol. The molecule has 0 aliphatic carbocycles. The number of Topliss-reactive ketones (excluding diaryl/α,β-unsaturated/α-hetero) is 1. The Morgan fingerprint density at radius 2 is 1.31 bits per heavy atom. The van der Waals surface area contributed by atoms with Crippen LogP contribution in [0.25, 0.3) is 0 Å². The van der Waals surface area contributed by atoms with Crippen LogP contribution in [0.15, 0.2) is 66.8 Å². The van der Waals surface area contributed by atoms with Crippen molar-refractivity contribution in [3.05, 3.63) is 72.4 Å². The molecule has 15 rings (SSSR count). The number of methoxy groups -OCH3 is 1. The van der Waals surface area contributed by atoms with Gasteiger partial charge in [0.05, 0.1) is 107 Å². The number of benzene rings is 1. The number of nitrogens with zero attached hydrogens (tertiary/aromatic N) is 5. The van der Waals surface area contributed by atoms with Crippen molar-refractivity contribution in [3.8, 4) is 0 Å². The summed E-state index contributed by atoms with van der Waals surface area (Å²) in [6.45, 7) is 16.2. The number of aliphatic hydroxyl groups excluding tert-OH is 1. The zero-order chi connectivity index (χ0) is 74.9. The van der Waals surface area contributed by atoms with Gasteiger partial charge in [-0.1, -0.05) is 50.4 Å². The predicted octanol–water partition coefficient (Wildman–Crippen LogP) is 0.155. The second kappa shape index (κ2) is 36.1. The third-order valence-corrected chi connectivity index (χ3v) is 23.8. The molecular weight excluding hydrogens is 1380 g/mol. The molecule has 0 radical (unpaired) electrons. The number of ether oxygens (including phenoxy) is 10. The van der Waals surface area contributed by atoms with Crippen LogP contribution in [0.5, 0.6) is 0 Å². The minimum Gasteiger partial charge on any atom is -0.391 e. The number of ketones is 1. The number of aliphatic hydroxyl groups is 1. The van der Waals surface area contributed by atoms with Gasteiger partial charge in [0, 0.05) is 155 Å². The van der Waals surface area contributed by atoms with E-state index in [-0.39, 0.29) is 136 Å². The van der Waals surface area contributed by atoms with Gasteiger partial charge in [-0.15, -0.1) is 0 Å². The molecule has 107 heavy (non-hydrogen) atoms. The molecular formula is C77H110N10O20. The van der Waals surface area contributed by atoms with Crippen molar-refractivity contribution in [2.45, 2.75) is 219 Å². The Morgan fingerprint density at radius 3 is 2.07 bits per heavy atom. The first-order valence-corrected chi connectivity index (χ1v) is 39.0. The molecule has 0 saturated carbocycles. The van der Waals surface area contributed by atoms with Gasteiger partial charge in [0.1, 0.15) is 42.3 Å². The number of imide groups is 1. The van der Waals surface area contributed by atoms with Gasteiger partial charge in [-0.3, -0.25) is 62.8 Å². The summed E-state index contributed by atoms with van der Waals surface area (Å²) in [5.74, 6) is -4.98. The lowest BCUT2D eigenvalue weighted by Crippen LogP contribution is -2.61. The lowest BCUT2D eigenvalue weighted by atomic mass is 9.81. The van der Waals surface area contributed by atoms with E-state index in [2.05, 4.69) is 56.5 Å². The molecule has 1 aromatic rings. The Hall–Kier alpha value is -6.49. The topological polar surface area (TPSA) is 343 Å². The summed E-state index contributed by atoms with van der Waals surface area (Å²) in [6.07, 6.45) is 3.91. The Balaban J connectivity index is 0.573. The molecule has 14 bridgehead atoms. The minimum absolute atomic E-state index is 0.00584. The number of hydrogen-bond donors (Lipinski definition) is 6. The van der Waals surface area contributed by atoms with E-state index in [9.17, 15) is 48.3 Å². The summed E-state index contributed by atoms with van der Waals surface area (Å²) < 4.78 is 66.9. The summed E-state index contributed by atoms with van der Waals surface area (Å²) in [5, 5.41) is 24.9. The molecule has 13 saturated heterocycles. The Bertz CT molecular complexity index is 3370. The van der Waals surface area contributed by atoms with E-state index in [0.29, 0.717) is 123 Å². The average molecular weight is 1500 g/mol. The zero-order valence-corrected chi connectivity index (χ0v) is 61.9. The lowest BCUT2D eigenvalue weighted by Gasteiger charge is -2.47. The highest BCUT2D eigenvalue weighted by molar-refractivity contribution is 6.12. The summed E-state index contributed by atoms with van der Waals surface area (Å²) in [4.78, 5) is 129. The Morgan fingerprint density at radius 1 is 0.645 bits per heavy atom. The second-order valence-corrected chi connectivity index (χ2v) is 31.3. The fraction of sp³-hybridized carbons (Fsp3) is 0.727. The highest BCUT2D eigenvalue weighted by Gasteiger charge is 2.69. The molecule has 8 amide bonds. The first-order valence-electron chi connectivity index (χ1n) is 39.0. The largest absolute Gasteiger partial charge is 0.391 e. The standard InChI is InChI=1S/C77H110N10O20/c1-46-33-52-12-14-57-47(2)34-54(100-57)18-19-77-40-62-72(106-77)73-74(105-62)75(107-77)71-58(104-73)15-13-53(102-71)36-50(88)37-55-60(39-59(101-52)48(46)3)103-61(70(55)98-4)38-51(89)41-78-64(91)43-81-76(97)56(35-49-9-6-5-7-10-49)82-65(92)44-79-63(90)42-80-66(93)45-85-23-21-83-25-27-86(28-26-84(22-24-85)30-32-99-31-29-83)67(94)11-8-20-87-68(95)16-17-69(87)96/h5-7,9-10,16-17,46,51-62,70-75,89H,2-3,8,11-15,18-45H2,1,4H3,(H,78,91)(H,79,90)(H,80,93)(H,81,97)(H,82,92)/t46-,51+,52+,53-,54+,55+,56+,57+,58+,59-,60+,61-,62-,70-,71+,72+,73?,74?,75+,77+/m1/s1. The lowest BCUT2D eigenvalue weighted by molar-refractivity contribution is -0.292. The maximum Gasteiger partial charge on any atom is 0.253 e. The van der Waals surface area contributed by atoms with E-state index in [1.54, 1.807) is 31.4 Å². The van der Waals surface area contributed by atoms with E-state index in [4.69, 9.17) is 47.4 Å². The third kappa shape index (κ3) is 20.0. The van der Waals surface area contributed by atoms with Crippen LogP contribution in [0.3, 0.4) is 0 Å². The second-order valence-electron chi connectivity index (χ2n) is 31.3. The van der Waals surface area contributed by atoms with Gasteiger partial charge in [0.15, 0.2) is 5.79 Å². The van der Waals surface area contributed by atoms with E-state index < -0.39 is 110 Å². The molecule has 14 aliphatic rings. The number of carbonyl (C=O) groups is 9. The molecule has 22 atom stereocenters. The number of fused-ring (bicyclic) bond motifs is 18. The molecule has 588 valence electrons. The smallest absolute Gasteiger partial charge is 0.253 e. The van der Waals surface area contributed by atoms with Crippen LogP contribution in [0.4, 0.5) is 0 Å². The maximum atomic E-state index is 14.6. The number of rotatable bonds is 21. The molecule has 1 aromatic carbocycles. The van der Waals surface area contributed by atoms with Crippen molar-refractivity contribution >= 4 is 53.0 Å². The molecule has 6 N–H and O–H groups in total. The van der Waals surface area contributed by atoms with E-state index >= 15 is 0 Å². The summed E-state index contributed by atoms with van der Waals surface area (Å²) in [5.41, 5.74) is 2.73. The molecule has 30 nitrogen and oxygen atoms in total. The van der Waals surface area contributed by atoms with Gasteiger partial charge in [-0.25, -0.2) is 0 Å². The molecule has 4 unspecified atom stereocenters. The molecule has 1 spiro atoms. The van der Waals surface area contributed by atoms with Crippen molar-refractivity contribution in [2.75, 3.05) is 125 Å². The van der Waals surface area contributed by atoms with Crippen LogP contribution in [0, 0.1) is 11.8 Å². The van der Waals surface area contributed by atoms with Crippen LogP contribution >= 0.6 is 0 Å². The van der Waals surface area contributed by atoms with Gasteiger partial charge in [0.2, 0.25) is 35.4 Å². The van der Waals surface area contributed by atoms with Crippen LogP contribution in [-0.2, 0) is 96.9 Å². The summed E-state index contributed by atoms with van der Waals surface area (Å²) in [7, 11) is 1.57. The third-order valence-electron chi connectivity index (χ3n) is 23.8. The van der Waals surface area contributed by atoms with Crippen molar-refractivity contribution in [3.63, 3.8) is 0 Å². The van der Waals surface area contributed by atoms with Crippen molar-refractivity contribution < 1.29 is 95.6 Å². The molecule has 14 heterocycles. The first kappa shape index (κ1) is 78.6. The maximum absolute atomic E-state index is 14.6. The number of amides is 8.